The maximum absolute atomic E-state index is 6.05. The van der Waals surface area contributed by atoms with Crippen LogP contribution in [0, 0.1) is 0 Å². The first kappa shape index (κ1) is 10.4. The van der Waals surface area contributed by atoms with Crippen LogP contribution in [0.15, 0.2) is 30.5 Å². The Hall–Kier alpha value is -1.77. The first-order valence-electron chi connectivity index (χ1n) is 6.09. The van der Waals surface area contributed by atoms with E-state index in [0.29, 0.717) is 0 Å². The fourth-order valence-electron chi connectivity index (χ4n) is 2.43. The van der Waals surface area contributed by atoms with Crippen molar-refractivity contribution < 1.29 is 0 Å². The van der Waals surface area contributed by atoms with Gasteiger partial charge in [0.1, 0.15) is 0 Å². The van der Waals surface area contributed by atoms with Gasteiger partial charge in [-0.05, 0) is 32.3 Å². The molecule has 88 valence electrons. The molecule has 1 saturated carbocycles. The summed E-state index contributed by atoms with van der Waals surface area (Å²) in [4.78, 5) is 4.35. The highest BCUT2D eigenvalue weighted by atomic mass is 15.0. The van der Waals surface area contributed by atoms with Crippen molar-refractivity contribution in [2.24, 2.45) is 0 Å². The van der Waals surface area contributed by atoms with Crippen molar-refractivity contribution in [2.75, 3.05) is 11.1 Å². The van der Waals surface area contributed by atoms with Gasteiger partial charge in [-0.1, -0.05) is 18.2 Å². The van der Waals surface area contributed by atoms with Crippen LogP contribution in [0.3, 0.4) is 0 Å². The molecular weight excluding hydrogens is 210 g/mol. The van der Waals surface area contributed by atoms with E-state index in [9.17, 15) is 0 Å². The van der Waals surface area contributed by atoms with Crippen LogP contribution >= 0.6 is 0 Å². The van der Waals surface area contributed by atoms with E-state index in [1.165, 1.54) is 19.3 Å². The number of rotatable bonds is 2. The normalized spacial score (nSPS) is 17.7. The number of hydrogen-bond acceptors (Lipinski definition) is 3. The van der Waals surface area contributed by atoms with Crippen LogP contribution in [0.2, 0.25) is 0 Å². The monoisotopic (exact) mass is 227 g/mol. The van der Waals surface area contributed by atoms with Gasteiger partial charge in [0.15, 0.2) is 0 Å². The molecule has 3 N–H and O–H groups in total. The number of nitrogens with two attached hydrogens (primary N) is 1. The molecule has 1 heterocycles. The van der Waals surface area contributed by atoms with Crippen molar-refractivity contribution in [3.8, 4) is 0 Å². The molecule has 0 radical (unpaired) electrons. The molecule has 3 heteroatoms. The number of nitrogens with zero attached hydrogens (tertiary/aromatic N) is 1. The van der Waals surface area contributed by atoms with Crippen LogP contribution in [0.25, 0.3) is 10.9 Å². The van der Waals surface area contributed by atoms with Crippen molar-refractivity contribution in [3.63, 3.8) is 0 Å². The topological polar surface area (TPSA) is 50.9 Å². The molecular formula is C14H17N3. The minimum atomic E-state index is 0.207. The van der Waals surface area contributed by atoms with E-state index in [0.717, 1.165) is 22.3 Å². The van der Waals surface area contributed by atoms with Crippen LogP contribution in [-0.2, 0) is 0 Å². The maximum atomic E-state index is 6.05. The third-order valence-corrected chi connectivity index (χ3v) is 3.69. The second kappa shape index (κ2) is 3.62. The molecule has 0 spiro atoms. The number of para-hydroxylation sites is 1. The van der Waals surface area contributed by atoms with Gasteiger partial charge < -0.3 is 11.1 Å². The second-order valence-corrected chi connectivity index (χ2v) is 5.14. The fraction of sp³-hybridized carbons (Fsp3) is 0.357. The third-order valence-electron chi connectivity index (χ3n) is 3.69. The van der Waals surface area contributed by atoms with Gasteiger partial charge in [-0.15, -0.1) is 0 Å². The summed E-state index contributed by atoms with van der Waals surface area (Å²) in [5.41, 5.74) is 9.02. The zero-order chi connectivity index (χ0) is 11.9. The number of fused-ring (bicyclic) bond motifs is 1. The minimum absolute atomic E-state index is 0.207. The van der Waals surface area contributed by atoms with E-state index in [-0.39, 0.29) is 5.54 Å². The Labute approximate surface area is 101 Å². The number of benzene rings is 1. The van der Waals surface area contributed by atoms with Crippen molar-refractivity contribution >= 4 is 22.3 Å². The summed E-state index contributed by atoms with van der Waals surface area (Å²) < 4.78 is 0. The Kier molecular flexibility index (Phi) is 2.21. The van der Waals surface area contributed by atoms with Crippen molar-refractivity contribution in [3.05, 3.63) is 30.5 Å². The predicted molar refractivity (Wildman–Crippen MR) is 72.0 cm³/mol. The molecule has 3 nitrogen and oxygen atoms in total. The van der Waals surface area contributed by atoms with Crippen LogP contribution in [0.4, 0.5) is 11.4 Å². The quantitative estimate of drug-likeness (QED) is 0.828. The van der Waals surface area contributed by atoms with E-state index in [1.807, 2.05) is 18.2 Å². The summed E-state index contributed by atoms with van der Waals surface area (Å²) in [5.74, 6) is 0. The molecule has 17 heavy (non-hydrogen) atoms. The zero-order valence-corrected chi connectivity index (χ0v) is 10.0. The Balaban J connectivity index is 2.10. The van der Waals surface area contributed by atoms with Gasteiger partial charge in [0.25, 0.3) is 0 Å². The Morgan fingerprint density at radius 3 is 2.76 bits per heavy atom. The number of hydrogen-bond donors (Lipinski definition) is 2. The van der Waals surface area contributed by atoms with Gasteiger partial charge in [-0.2, -0.15) is 0 Å². The van der Waals surface area contributed by atoms with Gasteiger partial charge in [0.2, 0.25) is 0 Å². The molecule has 0 amide bonds. The lowest BCUT2D eigenvalue weighted by Crippen LogP contribution is -2.41. The summed E-state index contributed by atoms with van der Waals surface area (Å²) in [6.45, 7) is 2.26. The van der Waals surface area contributed by atoms with Crippen molar-refractivity contribution in [2.45, 2.75) is 31.7 Å². The number of nitrogens with one attached hydrogen (secondary N) is 1. The summed E-state index contributed by atoms with van der Waals surface area (Å²) in [7, 11) is 0. The molecule has 2 aromatic rings. The van der Waals surface area contributed by atoms with Crippen LogP contribution < -0.4 is 11.1 Å². The average molecular weight is 227 g/mol. The summed E-state index contributed by atoms with van der Waals surface area (Å²) in [6.07, 6.45) is 5.46. The van der Waals surface area contributed by atoms with Crippen molar-refractivity contribution in [1.29, 1.82) is 0 Å². The lowest BCUT2D eigenvalue weighted by molar-refractivity contribution is 0.307. The largest absolute Gasteiger partial charge is 0.396 e. The molecule has 3 rings (SSSR count). The molecule has 1 fully saturated rings. The first-order chi connectivity index (χ1) is 8.18. The molecule has 1 aliphatic rings. The average Bonchev–Trinajstić information content (AvgIpc) is 2.31. The predicted octanol–water partition coefficient (Wildman–Crippen LogP) is 3.17. The van der Waals surface area contributed by atoms with E-state index in [1.54, 1.807) is 6.20 Å². The van der Waals surface area contributed by atoms with Gasteiger partial charge in [-0.3, -0.25) is 4.98 Å². The van der Waals surface area contributed by atoms with Gasteiger partial charge in [0, 0.05) is 10.9 Å². The Morgan fingerprint density at radius 2 is 2.06 bits per heavy atom. The highest BCUT2D eigenvalue weighted by Crippen LogP contribution is 2.38. The molecule has 0 unspecified atom stereocenters. The second-order valence-electron chi connectivity index (χ2n) is 5.14. The van der Waals surface area contributed by atoms with Gasteiger partial charge in [0.05, 0.1) is 23.1 Å². The summed E-state index contributed by atoms with van der Waals surface area (Å²) in [6, 6.07) is 8.12. The standard InChI is InChI=1S/C14H17N3/c1-14(7-4-8-14)17-13-10-5-2-3-6-12(10)16-9-11(13)15/h2-3,5-6,9H,4,7-8,15H2,1H3,(H,16,17). The third kappa shape index (κ3) is 1.71. The van der Waals surface area contributed by atoms with Gasteiger partial charge in [-0.25, -0.2) is 0 Å². The minimum Gasteiger partial charge on any atom is -0.396 e. The van der Waals surface area contributed by atoms with Crippen LogP contribution in [0.5, 0.6) is 0 Å². The van der Waals surface area contributed by atoms with Gasteiger partial charge >= 0.3 is 0 Å². The highest BCUT2D eigenvalue weighted by Gasteiger charge is 2.32. The maximum Gasteiger partial charge on any atom is 0.0743 e. The summed E-state index contributed by atoms with van der Waals surface area (Å²) >= 11 is 0. The van der Waals surface area contributed by atoms with E-state index in [2.05, 4.69) is 23.3 Å². The molecule has 1 aromatic carbocycles. The van der Waals surface area contributed by atoms with E-state index >= 15 is 0 Å². The number of nitrogen functional groups attached to an aromatic ring is 1. The molecule has 0 saturated heterocycles. The molecule has 0 atom stereocenters. The number of pyridine rings is 1. The smallest absolute Gasteiger partial charge is 0.0743 e. The molecule has 0 aliphatic heterocycles. The molecule has 1 aromatic heterocycles. The highest BCUT2D eigenvalue weighted by molar-refractivity contribution is 5.97. The van der Waals surface area contributed by atoms with E-state index < -0.39 is 0 Å². The Morgan fingerprint density at radius 1 is 1.29 bits per heavy atom. The molecule has 1 aliphatic carbocycles. The fourth-order valence-corrected chi connectivity index (χ4v) is 2.43. The van der Waals surface area contributed by atoms with Crippen LogP contribution in [0.1, 0.15) is 26.2 Å². The zero-order valence-electron chi connectivity index (χ0n) is 10.0. The number of anilines is 2. The first-order valence-corrected chi connectivity index (χ1v) is 6.09. The number of aromatic nitrogens is 1. The Bertz CT molecular complexity index is 558. The van der Waals surface area contributed by atoms with Crippen LogP contribution in [-0.4, -0.2) is 10.5 Å². The molecule has 0 bridgehead atoms. The summed E-state index contributed by atoms with van der Waals surface area (Å²) in [5, 5.41) is 4.71. The lowest BCUT2D eigenvalue weighted by Gasteiger charge is -2.40. The SMILES string of the molecule is CC1(Nc2c(N)cnc3ccccc23)CCC1. The lowest BCUT2D eigenvalue weighted by atomic mass is 9.78. The van der Waals surface area contributed by atoms with Crippen molar-refractivity contribution in [1.82, 2.24) is 4.98 Å². The van der Waals surface area contributed by atoms with E-state index in [4.69, 9.17) is 5.73 Å².